The van der Waals surface area contributed by atoms with Crippen LogP contribution in [0.5, 0.6) is 0 Å². The van der Waals surface area contributed by atoms with Crippen molar-refractivity contribution in [1.82, 2.24) is 15.8 Å². The Morgan fingerprint density at radius 3 is 2.52 bits per heavy atom. The van der Waals surface area contributed by atoms with Gasteiger partial charge in [0.05, 0.1) is 5.56 Å². The average molecular weight is 283 g/mol. The Hall–Kier alpha value is -2.69. The van der Waals surface area contributed by atoms with E-state index in [0.717, 1.165) is 5.56 Å². The fraction of sp³-hybridized carbons (Fsp3) is 0.188. The van der Waals surface area contributed by atoms with Crippen molar-refractivity contribution in [3.8, 4) is 0 Å². The number of hydrogen-bond acceptors (Lipinski definition) is 3. The summed E-state index contributed by atoms with van der Waals surface area (Å²) in [4.78, 5) is 27.2. The summed E-state index contributed by atoms with van der Waals surface area (Å²) in [7, 11) is 0. The molecule has 1 aromatic heterocycles. The molecular formula is C16H17N3O2. The van der Waals surface area contributed by atoms with Crippen LogP contribution in [0.4, 0.5) is 0 Å². The molecule has 2 rings (SSSR count). The van der Waals surface area contributed by atoms with E-state index in [4.69, 9.17) is 0 Å². The topological polar surface area (TPSA) is 71.1 Å². The van der Waals surface area contributed by atoms with Gasteiger partial charge in [0, 0.05) is 18.8 Å². The fourth-order valence-electron chi connectivity index (χ4n) is 1.77. The van der Waals surface area contributed by atoms with Gasteiger partial charge in [0.15, 0.2) is 0 Å². The molecule has 5 heteroatoms. The molecule has 0 saturated heterocycles. The number of carbonyl (C=O) groups is 2. The molecule has 0 atom stereocenters. The summed E-state index contributed by atoms with van der Waals surface area (Å²) in [5, 5.41) is 0. The maximum atomic E-state index is 11.7. The summed E-state index contributed by atoms with van der Waals surface area (Å²) in [5.41, 5.74) is 7.44. The van der Waals surface area contributed by atoms with E-state index >= 15 is 0 Å². The van der Waals surface area contributed by atoms with Crippen LogP contribution in [-0.2, 0) is 11.2 Å². The SMILES string of the molecule is Cc1ccc(CCC(=O)NNC(=O)c2cccnc2)cc1. The predicted octanol–water partition coefficient (Wildman–Crippen LogP) is 1.78. The van der Waals surface area contributed by atoms with E-state index in [1.54, 1.807) is 18.3 Å². The van der Waals surface area contributed by atoms with Crippen LogP contribution in [0.15, 0.2) is 48.8 Å². The molecule has 0 fully saturated rings. The highest BCUT2D eigenvalue weighted by Gasteiger charge is 2.07. The number of aromatic nitrogens is 1. The Morgan fingerprint density at radius 2 is 1.86 bits per heavy atom. The number of nitrogens with zero attached hydrogens (tertiary/aromatic N) is 1. The summed E-state index contributed by atoms with van der Waals surface area (Å²) in [6.07, 6.45) is 3.97. The highest BCUT2D eigenvalue weighted by molar-refractivity contribution is 5.95. The molecule has 5 nitrogen and oxygen atoms in total. The van der Waals surface area contributed by atoms with Crippen molar-refractivity contribution in [2.75, 3.05) is 0 Å². The van der Waals surface area contributed by atoms with E-state index in [1.807, 2.05) is 31.2 Å². The van der Waals surface area contributed by atoms with Crippen LogP contribution < -0.4 is 10.9 Å². The minimum atomic E-state index is -0.383. The van der Waals surface area contributed by atoms with Gasteiger partial charge in [0.25, 0.3) is 5.91 Å². The molecule has 1 heterocycles. The van der Waals surface area contributed by atoms with Crippen LogP contribution in [0.1, 0.15) is 27.9 Å². The number of amides is 2. The molecule has 0 unspecified atom stereocenters. The molecule has 0 saturated carbocycles. The lowest BCUT2D eigenvalue weighted by atomic mass is 10.1. The van der Waals surface area contributed by atoms with Crippen LogP contribution in [-0.4, -0.2) is 16.8 Å². The van der Waals surface area contributed by atoms with E-state index in [-0.39, 0.29) is 11.8 Å². The normalized spacial score (nSPS) is 9.95. The molecule has 21 heavy (non-hydrogen) atoms. The lowest BCUT2D eigenvalue weighted by Gasteiger charge is -2.07. The quantitative estimate of drug-likeness (QED) is 0.840. The van der Waals surface area contributed by atoms with Gasteiger partial charge in [-0.2, -0.15) is 0 Å². The lowest BCUT2D eigenvalue weighted by Crippen LogP contribution is -2.41. The smallest absolute Gasteiger partial charge is 0.271 e. The number of nitrogens with one attached hydrogen (secondary N) is 2. The molecular weight excluding hydrogens is 266 g/mol. The molecule has 2 N–H and O–H groups in total. The third-order valence-corrected chi connectivity index (χ3v) is 3.00. The monoisotopic (exact) mass is 283 g/mol. The third kappa shape index (κ3) is 4.72. The molecule has 2 aromatic rings. The van der Waals surface area contributed by atoms with Crippen LogP contribution in [0.3, 0.4) is 0 Å². The maximum absolute atomic E-state index is 11.7. The Kier molecular flexibility index (Phi) is 5.04. The molecule has 0 spiro atoms. The summed E-state index contributed by atoms with van der Waals surface area (Å²) >= 11 is 0. The minimum Gasteiger partial charge on any atom is -0.273 e. The first-order valence-corrected chi connectivity index (χ1v) is 6.70. The highest BCUT2D eigenvalue weighted by Crippen LogP contribution is 2.05. The van der Waals surface area contributed by atoms with E-state index in [1.165, 1.54) is 11.8 Å². The van der Waals surface area contributed by atoms with Gasteiger partial charge in [-0.25, -0.2) is 0 Å². The van der Waals surface area contributed by atoms with Gasteiger partial charge in [0.2, 0.25) is 5.91 Å². The average Bonchev–Trinajstić information content (AvgIpc) is 2.53. The van der Waals surface area contributed by atoms with Crippen molar-refractivity contribution >= 4 is 11.8 Å². The van der Waals surface area contributed by atoms with E-state index in [9.17, 15) is 9.59 Å². The van der Waals surface area contributed by atoms with Crippen molar-refractivity contribution in [3.05, 3.63) is 65.5 Å². The maximum Gasteiger partial charge on any atom is 0.271 e. The Morgan fingerprint density at radius 1 is 1.10 bits per heavy atom. The Labute approximate surface area is 123 Å². The zero-order valence-electron chi connectivity index (χ0n) is 11.8. The molecule has 0 bridgehead atoms. The van der Waals surface area contributed by atoms with Gasteiger partial charge in [-0.05, 0) is 31.0 Å². The highest BCUT2D eigenvalue weighted by atomic mass is 16.2. The van der Waals surface area contributed by atoms with Gasteiger partial charge in [-0.15, -0.1) is 0 Å². The number of rotatable bonds is 4. The Balaban J connectivity index is 1.75. The summed E-state index contributed by atoms with van der Waals surface area (Å²) in [5.74, 6) is -0.611. The second-order valence-electron chi connectivity index (χ2n) is 4.73. The van der Waals surface area contributed by atoms with Crippen LogP contribution >= 0.6 is 0 Å². The van der Waals surface area contributed by atoms with Crippen LogP contribution in [0, 0.1) is 6.92 Å². The van der Waals surface area contributed by atoms with Crippen molar-refractivity contribution in [3.63, 3.8) is 0 Å². The van der Waals surface area contributed by atoms with Crippen molar-refractivity contribution in [2.24, 2.45) is 0 Å². The Bertz CT molecular complexity index is 609. The number of benzene rings is 1. The molecule has 1 aromatic carbocycles. The minimum absolute atomic E-state index is 0.229. The fourth-order valence-corrected chi connectivity index (χ4v) is 1.77. The molecule has 2 amide bonds. The first-order chi connectivity index (χ1) is 10.1. The molecule has 0 aliphatic rings. The standard InChI is InChI=1S/C16H17N3O2/c1-12-4-6-13(7-5-12)8-9-15(20)18-19-16(21)14-3-2-10-17-11-14/h2-7,10-11H,8-9H2,1H3,(H,18,20)(H,19,21). The zero-order valence-corrected chi connectivity index (χ0v) is 11.8. The molecule has 0 radical (unpaired) electrons. The van der Waals surface area contributed by atoms with Crippen LogP contribution in [0.2, 0.25) is 0 Å². The number of carbonyl (C=O) groups excluding carboxylic acids is 2. The number of hydrogen-bond donors (Lipinski definition) is 2. The second kappa shape index (κ2) is 7.19. The summed E-state index contributed by atoms with van der Waals surface area (Å²) in [6, 6.07) is 11.3. The van der Waals surface area contributed by atoms with Crippen LogP contribution in [0.25, 0.3) is 0 Å². The van der Waals surface area contributed by atoms with E-state index in [2.05, 4.69) is 15.8 Å². The zero-order chi connectivity index (χ0) is 15.1. The second-order valence-corrected chi connectivity index (χ2v) is 4.73. The predicted molar refractivity (Wildman–Crippen MR) is 79.3 cm³/mol. The van der Waals surface area contributed by atoms with Crippen molar-refractivity contribution in [1.29, 1.82) is 0 Å². The van der Waals surface area contributed by atoms with E-state index < -0.39 is 0 Å². The number of aryl methyl sites for hydroxylation is 2. The molecule has 0 aliphatic carbocycles. The third-order valence-electron chi connectivity index (χ3n) is 3.00. The molecule has 0 aliphatic heterocycles. The van der Waals surface area contributed by atoms with Gasteiger partial charge in [-0.1, -0.05) is 29.8 Å². The first kappa shape index (κ1) is 14.7. The van der Waals surface area contributed by atoms with E-state index in [0.29, 0.717) is 18.4 Å². The van der Waals surface area contributed by atoms with Crippen molar-refractivity contribution in [2.45, 2.75) is 19.8 Å². The number of hydrazine groups is 1. The van der Waals surface area contributed by atoms with Gasteiger partial charge in [-0.3, -0.25) is 25.4 Å². The summed E-state index contributed by atoms with van der Waals surface area (Å²) in [6.45, 7) is 2.02. The lowest BCUT2D eigenvalue weighted by molar-refractivity contribution is -0.121. The number of pyridine rings is 1. The largest absolute Gasteiger partial charge is 0.273 e. The van der Waals surface area contributed by atoms with Gasteiger partial charge < -0.3 is 0 Å². The van der Waals surface area contributed by atoms with Gasteiger partial charge in [0.1, 0.15) is 0 Å². The molecule has 108 valence electrons. The van der Waals surface area contributed by atoms with Gasteiger partial charge >= 0.3 is 0 Å². The summed E-state index contributed by atoms with van der Waals surface area (Å²) < 4.78 is 0. The van der Waals surface area contributed by atoms with Crippen molar-refractivity contribution < 1.29 is 9.59 Å². The first-order valence-electron chi connectivity index (χ1n) is 6.70.